The van der Waals surface area contributed by atoms with Crippen molar-refractivity contribution >= 4 is 11.6 Å². The molecule has 0 bridgehead atoms. The molecule has 2 N–H and O–H groups in total. The van der Waals surface area contributed by atoms with Gasteiger partial charge in [0.05, 0.1) is 30.2 Å². The summed E-state index contributed by atoms with van der Waals surface area (Å²) in [5.74, 6) is -0.196. The van der Waals surface area contributed by atoms with E-state index in [4.69, 9.17) is 10.2 Å². The molecule has 136 valence electrons. The predicted molar refractivity (Wildman–Crippen MR) is 86.2 cm³/mol. The van der Waals surface area contributed by atoms with Gasteiger partial charge in [0.15, 0.2) is 0 Å². The molecular weight excluding hydrogens is 349 g/mol. The van der Waals surface area contributed by atoms with Crippen molar-refractivity contribution in [2.45, 2.75) is 18.6 Å². The quantitative estimate of drug-likeness (QED) is 0.774. The fourth-order valence-corrected chi connectivity index (χ4v) is 3.01. The summed E-state index contributed by atoms with van der Waals surface area (Å²) in [6, 6.07) is 2.58. The van der Waals surface area contributed by atoms with Gasteiger partial charge in [0.2, 0.25) is 5.91 Å². The highest BCUT2D eigenvalue weighted by molar-refractivity contribution is 5.79. The molecule has 4 rings (SSSR count). The Morgan fingerprint density at radius 3 is 2.69 bits per heavy atom. The van der Waals surface area contributed by atoms with Gasteiger partial charge in [-0.15, -0.1) is 0 Å². The number of carbonyl (C=O) groups excluding carboxylic acids is 1. The lowest BCUT2D eigenvalue weighted by Crippen LogP contribution is -2.58. The van der Waals surface area contributed by atoms with Crippen LogP contribution in [0.5, 0.6) is 0 Å². The van der Waals surface area contributed by atoms with Crippen LogP contribution in [-0.2, 0) is 17.4 Å². The van der Waals surface area contributed by atoms with E-state index < -0.39 is 11.7 Å². The van der Waals surface area contributed by atoms with Crippen LogP contribution in [0.1, 0.15) is 11.3 Å². The Morgan fingerprint density at radius 1 is 1.31 bits per heavy atom. The van der Waals surface area contributed by atoms with E-state index in [1.54, 1.807) is 11.0 Å². The highest BCUT2D eigenvalue weighted by atomic mass is 19.4. The van der Waals surface area contributed by atoms with E-state index >= 15 is 0 Å². The molecule has 0 saturated carbocycles. The number of likely N-dealkylation sites (tertiary alicyclic amines) is 1. The minimum Gasteiger partial charge on any atom is -0.472 e. The third kappa shape index (κ3) is 2.94. The van der Waals surface area contributed by atoms with E-state index in [1.807, 2.05) is 0 Å². The van der Waals surface area contributed by atoms with Crippen LogP contribution in [-0.4, -0.2) is 39.3 Å². The van der Waals surface area contributed by atoms with Crippen LogP contribution >= 0.6 is 0 Å². The van der Waals surface area contributed by atoms with Gasteiger partial charge in [0.25, 0.3) is 0 Å². The van der Waals surface area contributed by atoms with Crippen LogP contribution in [0.25, 0.3) is 16.8 Å². The van der Waals surface area contributed by atoms with E-state index in [-0.39, 0.29) is 29.7 Å². The van der Waals surface area contributed by atoms with E-state index in [1.165, 1.54) is 29.3 Å². The molecule has 26 heavy (non-hydrogen) atoms. The molecule has 0 unspecified atom stereocenters. The monoisotopic (exact) mass is 364 g/mol. The van der Waals surface area contributed by atoms with Crippen LogP contribution in [0.4, 0.5) is 13.2 Å². The van der Waals surface area contributed by atoms with Crippen molar-refractivity contribution in [3.63, 3.8) is 0 Å². The van der Waals surface area contributed by atoms with Crippen molar-refractivity contribution < 1.29 is 22.4 Å². The van der Waals surface area contributed by atoms with Crippen molar-refractivity contribution in [3.05, 3.63) is 48.3 Å². The number of carbonyl (C=O) groups is 1. The maximum absolute atomic E-state index is 13.5. The molecule has 0 spiro atoms. The van der Waals surface area contributed by atoms with Gasteiger partial charge in [-0.05, 0) is 12.1 Å². The molecule has 1 aliphatic rings. The first-order chi connectivity index (χ1) is 12.3. The van der Waals surface area contributed by atoms with Crippen LogP contribution in [0.3, 0.4) is 0 Å². The lowest BCUT2D eigenvalue weighted by atomic mass is 10.1. The Labute approximate surface area is 146 Å². The van der Waals surface area contributed by atoms with E-state index in [0.717, 1.165) is 6.07 Å². The zero-order chi connectivity index (χ0) is 18.5. The lowest BCUT2D eigenvalue weighted by molar-refractivity contribution is -0.136. The highest BCUT2D eigenvalue weighted by Crippen LogP contribution is 2.35. The van der Waals surface area contributed by atoms with Crippen molar-refractivity contribution in [2.24, 2.45) is 5.73 Å². The molecule has 3 aromatic heterocycles. The zero-order valence-corrected chi connectivity index (χ0v) is 13.5. The Hall–Kier alpha value is -2.81. The molecule has 3 aromatic rings. The average Bonchev–Trinajstić information content (AvgIpc) is 3.18. The third-order valence-electron chi connectivity index (χ3n) is 4.36. The number of furan rings is 1. The molecular formula is C17H15F3N4O2. The van der Waals surface area contributed by atoms with Gasteiger partial charge < -0.3 is 19.5 Å². The molecule has 0 atom stereocenters. The van der Waals surface area contributed by atoms with Crippen molar-refractivity contribution in [1.82, 2.24) is 14.3 Å². The summed E-state index contributed by atoms with van der Waals surface area (Å²) < 4.78 is 46.7. The first-order valence-electron chi connectivity index (χ1n) is 7.96. The minimum absolute atomic E-state index is 0.0330. The van der Waals surface area contributed by atoms with Crippen molar-refractivity contribution in [2.75, 3.05) is 13.1 Å². The molecule has 0 aromatic carbocycles. The predicted octanol–water partition coefficient (Wildman–Crippen LogP) is 2.33. The zero-order valence-electron chi connectivity index (χ0n) is 13.5. The summed E-state index contributed by atoms with van der Waals surface area (Å²) in [5, 5.41) is 0. The van der Waals surface area contributed by atoms with E-state index in [9.17, 15) is 18.0 Å². The number of pyridine rings is 1. The Kier molecular flexibility index (Phi) is 3.76. The number of imidazole rings is 1. The second-order valence-corrected chi connectivity index (χ2v) is 6.35. The van der Waals surface area contributed by atoms with Gasteiger partial charge >= 0.3 is 6.18 Å². The summed E-state index contributed by atoms with van der Waals surface area (Å²) in [6.07, 6.45) is 1.12. The highest BCUT2D eigenvalue weighted by Gasteiger charge is 2.35. The maximum atomic E-state index is 13.5. The summed E-state index contributed by atoms with van der Waals surface area (Å²) in [4.78, 5) is 17.7. The largest absolute Gasteiger partial charge is 0.472 e. The molecule has 1 fully saturated rings. The third-order valence-corrected chi connectivity index (χ3v) is 4.36. The van der Waals surface area contributed by atoms with Crippen molar-refractivity contribution in [3.8, 4) is 11.1 Å². The minimum atomic E-state index is -4.57. The Morgan fingerprint density at radius 2 is 2.08 bits per heavy atom. The summed E-state index contributed by atoms with van der Waals surface area (Å²) in [6.45, 7) is 0.926. The van der Waals surface area contributed by atoms with Crippen LogP contribution in [0, 0.1) is 0 Å². The normalized spacial score (nSPS) is 15.5. The number of rotatable bonds is 3. The smallest absolute Gasteiger partial charge is 0.420 e. The van der Waals surface area contributed by atoms with Gasteiger partial charge in [-0.25, -0.2) is 4.98 Å². The molecule has 1 aliphatic heterocycles. The second kappa shape index (κ2) is 5.87. The van der Waals surface area contributed by atoms with E-state index in [0.29, 0.717) is 24.2 Å². The van der Waals surface area contributed by atoms with Gasteiger partial charge in [-0.2, -0.15) is 13.2 Å². The number of nitrogens with two attached hydrogens (primary N) is 1. The standard InChI is InChI=1S/C17H15F3N4O2/c18-17(19,20)14-3-11(10-1-2-26-9-10)5-24-8-13(22-16(14)24)4-15(25)23-6-12(21)7-23/h1-3,5,8-9,12H,4,6-7,21H2. The number of aromatic nitrogens is 2. The lowest BCUT2D eigenvalue weighted by Gasteiger charge is -2.36. The number of halogens is 3. The van der Waals surface area contributed by atoms with Gasteiger partial charge in [-0.3, -0.25) is 4.79 Å². The Bertz CT molecular complexity index is 956. The molecule has 4 heterocycles. The first-order valence-corrected chi connectivity index (χ1v) is 7.96. The summed E-state index contributed by atoms with van der Waals surface area (Å²) in [7, 11) is 0. The van der Waals surface area contributed by atoms with Gasteiger partial charge in [0.1, 0.15) is 5.65 Å². The van der Waals surface area contributed by atoms with Gasteiger partial charge in [-0.1, -0.05) is 0 Å². The average molecular weight is 364 g/mol. The molecule has 0 aliphatic carbocycles. The number of alkyl halides is 3. The van der Waals surface area contributed by atoms with Crippen molar-refractivity contribution in [1.29, 1.82) is 0 Å². The molecule has 1 saturated heterocycles. The molecule has 0 radical (unpaired) electrons. The van der Waals surface area contributed by atoms with Gasteiger partial charge in [0, 0.05) is 42.7 Å². The number of hydrogen-bond acceptors (Lipinski definition) is 4. The van der Waals surface area contributed by atoms with Crippen LogP contribution in [0.15, 0.2) is 41.5 Å². The molecule has 9 heteroatoms. The number of nitrogens with zero attached hydrogens (tertiary/aromatic N) is 3. The van der Waals surface area contributed by atoms with Crippen LogP contribution in [0.2, 0.25) is 0 Å². The number of amides is 1. The summed E-state index contributed by atoms with van der Waals surface area (Å²) >= 11 is 0. The maximum Gasteiger partial charge on any atom is 0.420 e. The fraction of sp³-hybridized carbons (Fsp3) is 0.294. The topological polar surface area (TPSA) is 76.8 Å². The fourth-order valence-electron chi connectivity index (χ4n) is 3.01. The first kappa shape index (κ1) is 16.6. The molecule has 6 nitrogen and oxygen atoms in total. The number of hydrogen-bond donors (Lipinski definition) is 1. The Balaban J connectivity index is 1.73. The number of fused-ring (bicyclic) bond motifs is 1. The second-order valence-electron chi connectivity index (χ2n) is 6.35. The van der Waals surface area contributed by atoms with E-state index in [2.05, 4.69) is 4.98 Å². The summed E-state index contributed by atoms with van der Waals surface area (Å²) in [5.41, 5.74) is 5.72. The van der Waals surface area contributed by atoms with Crippen LogP contribution < -0.4 is 5.73 Å². The molecule has 1 amide bonds. The SMILES string of the molecule is NC1CN(C(=O)Cc2cn3cc(-c4ccoc4)cc(C(F)(F)F)c3n2)C1.